The standard InChI is InChI=1S/C11H13N3O3S/c15-10(14-2-1-4-18-5-3-14)8-6-13-9(7-12-8)11(16)17/h6-7H,1-5H2,(H,16,17). The highest BCUT2D eigenvalue weighted by molar-refractivity contribution is 7.99. The molecule has 1 aliphatic heterocycles. The summed E-state index contributed by atoms with van der Waals surface area (Å²) in [6.45, 7) is 1.42. The van der Waals surface area contributed by atoms with Gasteiger partial charge in [0.05, 0.1) is 12.4 Å². The number of aromatic nitrogens is 2. The fourth-order valence-corrected chi connectivity index (χ4v) is 2.55. The normalized spacial score (nSPS) is 16.1. The zero-order valence-electron chi connectivity index (χ0n) is 9.70. The lowest BCUT2D eigenvalue weighted by atomic mass is 10.3. The predicted octanol–water partition coefficient (Wildman–Crippen LogP) is 0.754. The van der Waals surface area contributed by atoms with Crippen LogP contribution in [-0.4, -0.2) is 56.4 Å². The van der Waals surface area contributed by atoms with Gasteiger partial charge in [-0.3, -0.25) is 4.79 Å². The van der Waals surface area contributed by atoms with E-state index < -0.39 is 5.97 Å². The molecule has 0 bridgehead atoms. The van der Waals surface area contributed by atoms with Gasteiger partial charge in [-0.2, -0.15) is 11.8 Å². The summed E-state index contributed by atoms with van der Waals surface area (Å²) >= 11 is 1.83. The molecule has 7 heteroatoms. The summed E-state index contributed by atoms with van der Waals surface area (Å²) in [6.07, 6.45) is 3.31. The van der Waals surface area contributed by atoms with E-state index in [4.69, 9.17) is 5.11 Å². The average molecular weight is 267 g/mol. The van der Waals surface area contributed by atoms with Gasteiger partial charge in [-0.15, -0.1) is 0 Å². The van der Waals surface area contributed by atoms with Gasteiger partial charge in [0.15, 0.2) is 5.69 Å². The number of thioether (sulfide) groups is 1. The van der Waals surface area contributed by atoms with Crippen molar-refractivity contribution >= 4 is 23.6 Å². The highest BCUT2D eigenvalue weighted by Crippen LogP contribution is 2.12. The maximum atomic E-state index is 12.1. The van der Waals surface area contributed by atoms with Gasteiger partial charge >= 0.3 is 5.97 Å². The zero-order chi connectivity index (χ0) is 13.0. The van der Waals surface area contributed by atoms with E-state index in [1.54, 1.807) is 4.90 Å². The van der Waals surface area contributed by atoms with Crippen LogP contribution in [0.4, 0.5) is 0 Å². The first-order valence-corrected chi connectivity index (χ1v) is 6.76. The number of hydrogen-bond acceptors (Lipinski definition) is 5. The zero-order valence-corrected chi connectivity index (χ0v) is 10.5. The van der Waals surface area contributed by atoms with E-state index in [1.165, 1.54) is 6.20 Å². The summed E-state index contributed by atoms with van der Waals surface area (Å²) in [4.78, 5) is 32.0. The SMILES string of the molecule is O=C(O)c1cnc(C(=O)N2CCCSCC2)cn1. The van der Waals surface area contributed by atoms with Crippen molar-refractivity contribution in [2.45, 2.75) is 6.42 Å². The number of amides is 1. The molecule has 96 valence electrons. The van der Waals surface area contributed by atoms with Gasteiger partial charge in [0.1, 0.15) is 5.69 Å². The Labute approximate surface area is 108 Å². The third-order valence-corrected chi connectivity index (χ3v) is 3.65. The van der Waals surface area contributed by atoms with Crippen molar-refractivity contribution in [3.63, 3.8) is 0 Å². The van der Waals surface area contributed by atoms with Gasteiger partial charge in [-0.1, -0.05) is 0 Å². The fraction of sp³-hybridized carbons (Fsp3) is 0.455. The van der Waals surface area contributed by atoms with Crippen LogP contribution in [0, 0.1) is 0 Å². The quantitative estimate of drug-likeness (QED) is 0.851. The van der Waals surface area contributed by atoms with Gasteiger partial charge in [-0.25, -0.2) is 14.8 Å². The summed E-state index contributed by atoms with van der Waals surface area (Å²) in [6, 6.07) is 0. The van der Waals surface area contributed by atoms with E-state index in [2.05, 4.69) is 9.97 Å². The van der Waals surface area contributed by atoms with Crippen LogP contribution >= 0.6 is 11.8 Å². The largest absolute Gasteiger partial charge is 0.476 e. The van der Waals surface area contributed by atoms with Crippen LogP contribution < -0.4 is 0 Å². The Morgan fingerprint density at radius 1 is 1.17 bits per heavy atom. The molecule has 1 aromatic rings. The Hall–Kier alpha value is -1.63. The van der Waals surface area contributed by atoms with Crippen LogP contribution in [0.5, 0.6) is 0 Å². The number of carboxylic acid groups (broad SMARTS) is 1. The van der Waals surface area contributed by atoms with Crippen LogP contribution in [0.1, 0.15) is 27.4 Å². The number of rotatable bonds is 2. The molecule has 0 saturated carbocycles. The van der Waals surface area contributed by atoms with Crippen molar-refractivity contribution in [2.75, 3.05) is 24.6 Å². The van der Waals surface area contributed by atoms with Crippen molar-refractivity contribution in [3.05, 3.63) is 23.8 Å². The molecule has 0 spiro atoms. The number of carbonyl (C=O) groups excluding carboxylic acids is 1. The minimum Gasteiger partial charge on any atom is -0.476 e. The molecule has 2 heterocycles. The highest BCUT2D eigenvalue weighted by Gasteiger charge is 2.19. The summed E-state index contributed by atoms with van der Waals surface area (Å²) in [5, 5.41) is 8.70. The fourth-order valence-electron chi connectivity index (χ4n) is 1.66. The van der Waals surface area contributed by atoms with Gasteiger partial charge < -0.3 is 10.0 Å². The minimum atomic E-state index is -1.15. The second kappa shape index (κ2) is 5.81. The number of carbonyl (C=O) groups is 2. The van der Waals surface area contributed by atoms with Crippen molar-refractivity contribution in [3.8, 4) is 0 Å². The van der Waals surface area contributed by atoms with Gasteiger partial charge in [0, 0.05) is 18.8 Å². The Kier molecular flexibility index (Phi) is 4.14. The molecule has 1 fully saturated rings. The molecule has 0 aliphatic carbocycles. The third kappa shape index (κ3) is 2.98. The summed E-state index contributed by atoms with van der Waals surface area (Å²) < 4.78 is 0. The third-order valence-electron chi connectivity index (χ3n) is 2.60. The number of nitrogens with zero attached hydrogens (tertiary/aromatic N) is 3. The van der Waals surface area contributed by atoms with Gasteiger partial charge in [0.2, 0.25) is 0 Å². The molecule has 1 aliphatic rings. The lowest BCUT2D eigenvalue weighted by Crippen LogP contribution is -2.33. The van der Waals surface area contributed by atoms with Crippen molar-refractivity contribution < 1.29 is 14.7 Å². The number of hydrogen-bond donors (Lipinski definition) is 1. The topological polar surface area (TPSA) is 83.4 Å². The molecule has 1 saturated heterocycles. The Balaban J connectivity index is 2.10. The Morgan fingerprint density at radius 2 is 1.89 bits per heavy atom. The molecule has 0 atom stereocenters. The lowest BCUT2D eigenvalue weighted by molar-refractivity contribution is 0.0686. The van der Waals surface area contributed by atoms with E-state index >= 15 is 0 Å². The van der Waals surface area contributed by atoms with E-state index in [-0.39, 0.29) is 17.3 Å². The molecule has 0 radical (unpaired) electrons. The first kappa shape index (κ1) is 12.8. The van der Waals surface area contributed by atoms with E-state index in [9.17, 15) is 9.59 Å². The number of carboxylic acids is 1. The summed E-state index contributed by atoms with van der Waals surface area (Å²) in [5.41, 5.74) is 0.0462. The first-order chi connectivity index (χ1) is 8.68. The molecule has 1 aromatic heterocycles. The van der Waals surface area contributed by atoms with Crippen LogP contribution in [0.15, 0.2) is 12.4 Å². The molecule has 1 amide bonds. The maximum Gasteiger partial charge on any atom is 0.356 e. The molecule has 0 unspecified atom stereocenters. The van der Waals surface area contributed by atoms with E-state index in [1.807, 2.05) is 11.8 Å². The van der Waals surface area contributed by atoms with Crippen LogP contribution in [0.25, 0.3) is 0 Å². The summed E-state index contributed by atoms with van der Waals surface area (Å²) in [7, 11) is 0. The Bertz CT molecular complexity index is 441. The van der Waals surface area contributed by atoms with E-state index in [0.29, 0.717) is 13.1 Å². The second-order valence-electron chi connectivity index (χ2n) is 3.85. The molecule has 0 aromatic carbocycles. The monoisotopic (exact) mass is 267 g/mol. The predicted molar refractivity (Wildman–Crippen MR) is 66.8 cm³/mol. The minimum absolute atomic E-state index is 0.155. The molecule has 2 rings (SSSR count). The molecular weight excluding hydrogens is 254 g/mol. The van der Waals surface area contributed by atoms with Crippen LogP contribution in [0.3, 0.4) is 0 Å². The van der Waals surface area contributed by atoms with Gasteiger partial charge in [0.25, 0.3) is 5.91 Å². The van der Waals surface area contributed by atoms with Crippen molar-refractivity contribution in [2.24, 2.45) is 0 Å². The summed E-state index contributed by atoms with van der Waals surface area (Å²) in [5.74, 6) is 0.661. The first-order valence-electron chi connectivity index (χ1n) is 5.61. The van der Waals surface area contributed by atoms with Crippen molar-refractivity contribution in [1.29, 1.82) is 0 Å². The molecule has 1 N–H and O–H groups in total. The number of aromatic carboxylic acids is 1. The van der Waals surface area contributed by atoms with Crippen LogP contribution in [0.2, 0.25) is 0 Å². The second-order valence-corrected chi connectivity index (χ2v) is 5.07. The van der Waals surface area contributed by atoms with Crippen LogP contribution in [-0.2, 0) is 0 Å². The molecule has 18 heavy (non-hydrogen) atoms. The van der Waals surface area contributed by atoms with E-state index in [0.717, 1.165) is 24.1 Å². The van der Waals surface area contributed by atoms with Gasteiger partial charge in [-0.05, 0) is 12.2 Å². The average Bonchev–Trinajstić information content (AvgIpc) is 2.67. The van der Waals surface area contributed by atoms with Crippen molar-refractivity contribution in [1.82, 2.24) is 14.9 Å². The smallest absolute Gasteiger partial charge is 0.356 e. The Morgan fingerprint density at radius 3 is 2.56 bits per heavy atom. The lowest BCUT2D eigenvalue weighted by Gasteiger charge is -2.19. The molecule has 6 nitrogen and oxygen atoms in total. The maximum absolute atomic E-state index is 12.1. The molecular formula is C11H13N3O3S. The highest BCUT2D eigenvalue weighted by atomic mass is 32.2.